The Balaban J connectivity index is 3.16. The number of hydrogen-bond acceptors (Lipinski definition) is 3. The second-order valence-corrected chi connectivity index (χ2v) is 3.80. The molecule has 0 aliphatic carbocycles. The third kappa shape index (κ3) is 6.39. The van der Waals surface area contributed by atoms with Gasteiger partial charge in [0.15, 0.2) is 0 Å². The number of hydrogen-bond donors (Lipinski definition) is 2. The first-order chi connectivity index (χ1) is 4.66. The van der Waals surface area contributed by atoms with E-state index in [-0.39, 0.29) is 6.23 Å². The molecular weight excluding hydrogens is 146 g/mol. The molecule has 2 unspecified atom stereocenters. The largest absolute Gasteiger partial charge is 0.379 e. The van der Waals surface area contributed by atoms with E-state index in [0.717, 1.165) is 5.75 Å². The Morgan fingerprint density at radius 2 is 2.10 bits per heavy atom. The Bertz CT molecular complexity index is 78.0. The van der Waals surface area contributed by atoms with Crippen LogP contribution in [0.5, 0.6) is 0 Å². The molecule has 0 aromatic rings. The monoisotopic (exact) mass is 163 g/mol. The van der Waals surface area contributed by atoms with Gasteiger partial charge in [0.2, 0.25) is 0 Å². The summed E-state index contributed by atoms with van der Waals surface area (Å²) in [5.41, 5.74) is 0. The number of aliphatic hydroxyl groups is 1. The highest BCUT2D eigenvalue weighted by molar-refractivity contribution is 7.99. The quantitative estimate of drug-likeness (QED) is 0.601. The van der Waals surface area contributed by atoms with E-state index >= 15 is 0 Å². The molecule has 0 heterocycles. The van der Waals surface area contributed by atoms with Gasteiger partial charge in [-0.05, 0) is 26.0 Å². The molecule has 0 aromatic heterocycles. The topological polar surface area (TPSA) is 32.3 Å². The van der Waals surface area contributed by atoms with E-state index in [4.69, 9.17) is 5.11 Å². The molecule has 0 aromatic carbocycles. The summed E-state index contributed by atoms with van der Waals surface area (Å²) in [7, 11) is 0. The Morgan fingerprint density at radius 3 is 2.50 bits per heavy atom. The van der Waals surface area contributed by atoms with E-state index in [9.17, 15) is 0 Å². The molecule has 0 radical (unpaired) electrons. The molecule has 0 fully saturated rings. The molecule has 62 valence electrons. The first-order valence-electron chi connectivity index (χ1n) is 3.72. The molecule has 0 aliphatic rings. The minimum absolute atomic E-state index is 0.361. The lowest BCUT2D eigenvalue weighted by Crippen LogP contribution is -2.32. The predicted molar refractivity (Wildman–Crippen MR) is 47.0 cm³/mol. The summed E-state index contributed by atoms with van der Waals surface area (Å²) in [6, 6.07) is 0. The van der Waals surface area contributed by atoms with Crippen LogP contribution in [0.25, 0.3) is 0 Å². The summed E-state index contributed by atoms with van der Waals surface area (Å²) < 4.78 is 0. The van der Waals surface area contributed by atoms with Crippen molar-refractivity contribution >= 4 is 11.8 Å². The van der Waals surface area contributed by atoms with Crippen LogP contribution in [0.15, 0.2) is 0 Å². The molecule has 10 heavy (non-hydrogen) atoms. The minimum Gasteiger partial charge on any atom is -0.379 e. The molecule has 0 spiro atoms. The van der Waals surface area contributed by atoms with Crippen LogP contribution >= 0.6 is 11.8 Å². The number of thioether (sulfide) groups is 1. The van der Waals surface area contributed by atoms with E-state index in [1.807, 2.05) is 11.8 Å². The number of rotatable bonds is 5. The first-order valence-corrected chi connectivity index (χ1v) is 4.77. The van der Waals surface area contributed by atoms with Gasteiger partial charge < -0.3 is 5.11 Å². The van der Waals surface area contributed by atoms with Crippen molar-refractivity contribution in [2.24, 2.45) is 0 Å². The van der Waals surface area contributed by atoms with Gasteiger partial charge in [-0.1, -0.05) is 6.92 Å². The normalized spacial score (nSPS) is 16.8. The van der Waals surface area contributed by atoms with Crippen LogP contribution in [-0.4, -0.2) is 22.5 Å². The fourth-order valence-electron chi connectivity index (χ4n) is 0.682. The Hall–Kier alpha value is 0.270. The lowest BCUT2D eigenvalue weighted by molar-refractivity contribution is 0.155. The smallest absolute Gasteiger partial charge is 0.102 e. The summed E-state index contributed by atoms with van der Waals surface area (Å²) in [6.07, 6.45) is 0.801. The van der Waals surface area contributed by atoms with E-state index in [2.05, 4.69) is 19.2 Å². The van der Waals surface area contributed by atoms with E-state index in [0.29, 0.717) is 5.37 Å². The zero-order valence-electron chi connectivity index (χ0n) is 6.92. The molecule has 0 aliphatic heterocycles. The van der Waals surface area contributed by atoms with Crippen molar-refractivity contribution in [1.82, 2.24) is 5.32 Å². The van der Waals surface area contributed by atoms with E-state index < -0.39 is 0 Å². The maximum atomic E-state index is 8.90. The summed E-state index contributed by atoms with van der Waals surface area (Å²) >= 11 is 1.83. The van der Waals surface area contributed by atoms with Gasteiger partial charge in [-0.3, -0.25) is 5.32 Å². The van der Waals surface area contributed by atoms with Gasteiger partial charge >= 0.3 is 0 Å². The molecule has 2 atom stereocenters. The SMILES string of the molecule is CCCSC(C)NC(C)O. The van der Waals surface area contributed by atoms with Gasteiger partial charge in [-0.2, -0.15) is 0 Å². The van der Waals surface area contributed by atoms with Gasteiger partial charge in [-0.25, -0.2) is 0 Å². The van der Waals surface area contributed by atoms with Crippen molar-refractivity contribution in [3.8, 4) is 0 Å². The van der Waals surface area contributed by atoms with Crippen molar-refractivity contribution in [3.63, 3.8) is 0 Å². The van der Waals surface area contributed by atoms with Gasteiger partial charge in [0, 0.05) is 0 Å². The molecule has 3 heteroatoms. The van der Waals surface area contributed by atoms with Gasteiger partial charge in [0.25, 0.3) is 0 Å². The fourth-order valence-corrected chi connectivity index (χ4v) is 1.56. The lowest BCUT2D eigenvalue weighted by Gasteiger charge is -2.14. The van der Waals surface area contributed by atoms with Crippen molar-refractivity contribution < 1.29 is 5.11 Å². The highest BCUT2D eigenvalue weighted by Crippen LogP contribution is 2.08. The third-order valence-corrected chi connectivity index (χ3v) is 2.33. The maximum absolute atomic E-state index is 8.90. The first kappa shape index (κ1) is 10.3. The molecular formula is C7H17NOS. The Morgan fingerprint density at radius 1 is 1.50 bits per heavy atom. The van der Waals surface area contributed by atoms with Crippen LogP contribution in [0.2, 0.25) is 0 Å². The molecule has 2 nitrogen and oxygen atoms in total. The summed E-state index contributed by atoms with van der Waals surface area (Å²) in [4.78, 5) is 0. The van der Waals surface area contributed by atoms with Crippen molar-refractivity contribution in [2.45, 2.75) is 38.8 Å². The average molecular weight is 163 g/mol. The summed E-state index contributed by atoms with van der Waals surface area (Å²) in [5.74, 6) is 1.15. The highest BCUT2D eigenvalue weighted by atomic mass is 32.2. The van der Waals surface area contributed by atoms with E-state index in [1.54, 1.807) is 6.92 Å². The molecule has 0 bridgehead atoms. The minimum atomic E-state index is -0.389. The van der Waals surface area contributed by atoms with Crippen molar-refractivity contribution in [2.75, 3.05) is 5.75 Å². The van der Waals surface area contributed by atoms with Crippen molar-refractivity contribution in [3.05, 3.63) is 0 Å². The highest BCUT2D eigenvalue weighted by Gasteiger charge is 2.02. The van der Waals surface area contributed by atoms with Gasteiger partial charge in [0.1, 0.15) is 6.23 Å². The van der Waals surface area contributed by atoms with Crippen molar-refractivity contribution in [1.29, 1.82) is 0 Å². The predicted octanol–water partition coefficient (Wildman–Crippen LogP) is 1.40. The second kappa shape index (κ2) is 6.01. The Kier molecular flexibility index (Phi) is 6.17. The third-order valence-electron chi connectivity index (χ3n) is 1.05. The molecule has 0 amide bonds. The van der Waals surface area contributed by atoms with Crippen LogP contribution in [0.4, 0.5) is 0 Å². The molecule has 0 rings (SSSR count). The molecule has 2 N–H and O–H groups in total. The van der Waals surface area contributed by atoms with Crippen LogP contribution in [0, 0.1) is 0 Å². The summed E-state index contributed by atoms with van der Waals surface area (Å²) in [6.45, 7) is 5.96. The standard InChI is InChI=1S/C7H17NOS/c1-4-5-10-7(3)8-6(2)9/h6-9H,4-5H2,1-3H3. The zero-order chi connectivity index (χ0) is 7.98. The summed E-state index contributed by atoms with van der Waals surface area (Å²) in [5, 5.41) is 12.3. The Labute approximate surface area is 67.4 Å². The average Bonchev–Trinajstić information content (AvgIpc) is 1.82. The second-order valence-electron chi connectivity index (χ2n) is 2.36. The van der Waals surface area contributed by atoms with Gasteiger partial charge in [0.05, 0.1) is 5.37 Å². The van der Waals surface area contributed by atoms with E-state index in [1.165, 1.54) is 6.42 Å². The molecule has 0 saturated heterocycles. The lowest BCUT2D eigenvalue weighted by atomic mass is 10.6. The number of nitrogens with one attached hydrogen (secondary N) is 1. The van der Waals surface area contributed by atoms with Crippen LogP contribution < -0.4 is 5.32 Å². The van der Waals surface area contributed by atoms with Gasteiger partial charge in [-0.15, -0.1) is 11.8 Å². The number of aliphatic hydroxyl groups excluding tert-OH is 1. The van der Waals surface area contributed by atoms with Crippen LogP contribution in [0.1, 0.15) is 27.2 Å². The maximum Gasteiger partial charge on any atom is 0.102 e. The zero-order valence-corrected chi connectivity index (χ0v) is 7.74. The molecule has 0 saturated carbocycles. The van der Waals surface area contributed by atoms with Crippen LogP contribution in [0.3, 0.4) is 0 Å². The van der Waals surface area contributed by atoms with Crippen LogP contribution in [-0.2, 0) is 0 Å². The fraction of sp³-hybridized carbons (Fsp3) is 1.00.